The Morgan fingerprint density at radius 3 is 2.11 bits per heavy atom. The maximum absolute atomic E-state index is 13.5. The number of amides is 5. The first-order valence-electron chi connectivity index (χ1n) is 18.9. The van der Waals surface area contributed by atoms with Gasteiger partial charge in [-0.2, -0.15) is 0 Å². The molecule has 54 heavy (non-hydrogen) atoms. The molecule has 0 saturated carbocycles. The minimum absolute atomic E-state index is 0.0956. The van der Waals surface area contributed by atoms with E-state index in [9.17, 15) is 29.1 Å². The number of benzene rings is 2. The van der Waals surface area contributed by atoms with Crippen molar-refractivity contribution < 1.29 is 33.8 Å². The van der Waals surface area contributed by atoms with Crippen LogP contribution in [0.4, 0.5) is 9.59 Å². The second-order valence-electron chi connectivity index (χ2n) is 15.3. The van der Waals surface area contributed by atoms with Gasteiger partial charge in [0.2, 0.25) is 17.7 Å². The summed E-state index contributed by atoms with van der Waals surface area (Å²) in [4.78, 5) is 74.9. The molecule has 2 aliphatic heterocycles. The molecule has 0 spiro atoms. The van der Waals surface area contributed by atoms with Gasteiger partial charge in [-0.1, -0.05) is 70.2 Å². The molecule has 3 aromatic rings. The molecule has 14 heteroatoms. The van der Waals surface area contributed by atoms with E-state index in [1.807, 2.05) is 26.0 Å². The standard InChI is InChI=1S/C40H51N7O7/c1-22(2)33(44-39(51)52)37(49)47-17-7-9-32(47)36(48)42-29-19-27-15-14-26(18-28(27)20-29)24-10-12-25(13-11-24)30-21-41-35(43-30)31-8-6-16-46(31)38(50)34(23(3)4)45-40(53)54-5/h10-15,18,21-23,29,31-34,44H,6-9,16-17,19-20H2,1-5H3,(H,41,43)(H,42,48)(H,45,53)(H,51,52)/t29-,31-,32-,33?,34-/m0/s1. The summed E-state index contributed by atoms with van der Waals surface area (Å²) in [7, 11) is 1.28. The smallest absolute Gasteiger partial charge is 0.407 e. The van der Waals surface area contributed by atoms with Crippen molar-refractivity contribution in [3.05, 3.63) is 65.6 Å². The zero-order valence-electron chi connectivity index (χ0n) is 31.6. The molecule has 2 saturated heterocycles. The maximum Gasteiger partial charge on any atom is 0.407 e. The molecule has 14 nitrogen and oxygen atoms in total. The number of methoxy groups -OCH3 is 1. The summed E-state index contributed by atoms with van der Waals surface area (Å²) in [5.74, 6) is -0.358. The molecule has 288 valence electrons. The molecule has 2 fully saturated rings. The molecule has 0 bridgehead atoms. The van der Waals surface area contributed by atoms with Gasteiger partial charge >= 0.3 is 12.2 Å². The van der Waals surface area contributed by atoms with Crippen molar-refractivity contribution in [2.45, 2.75) is 96.4 Å². The van der Waals surface area contributed by atoms with E-state index in [1.54, 1.807) is 24.9 Å². The normalized spacial score (nSPS) is 20.5. The van der Waals surface area contributed by atoms with E-state index in [0.29, 0.717) is 44.6 Å². The molecule has 0 radical (unpaired) electrons. The molecule has 1 aromatic heterocycles. The van der Waals surface area contributed by atoms with E-state index in [-0.39, 0.29) is 41.6 Å². The fourth-order valence-electron chi connectivity index (χ4n) is 8.01. The highest BCUT2D eigenvalue weighted by molar-refractivity contribution is 5.92. The lowest BCUT2D eigenvalue weighted by atomic mass is 9.99. The highest BCUT2D eigenvalue weighted by Gasteiger charge is 2.40. The quantitative estimate of drug-likeness (QED) is 0.188. The summed E-state index contributed by atoms with van der Waals surface area (Å²) >= 11 is 0. The van der Waals surface area contributed by atoms with Gasteiger partial charge in [0.25, 0.3) is 0 Å². The van der Waals surface area contributed by atoms with Gasteiger partial charge in [-0.05, 0) is 78.2 Å². The lowest BCUT2D eigenvalue weighted by molar-refractivity contribution is -0.141. The van der Waals surface area contributed by atoms with Gasteiger partial charge in [0.1, 0.15) is 23.9 Å². The number of imidazole rings is 1. The molecular weight excluding hydrogens is 690 g/mol. The molecule has 3 aliphatic rings. The van der Waals surface area contributed by atoms with Gasteiger partial charge in [0.15, 0.2) is 0 Å². The van der Waals surface area contributed by atoms with E-state index >= 15 is 0 Å². The van der Waals surface area contributed by atoms with Crippen molar-refractivity contribution in [3.8, 4) is 22.4 Å². The molecule has 5 N–H and O–H groups in total. The highest BCUT2D eigenvalue weighted by Crippen LogP contribution is 2.34. The Labute approximate surface area is 315 Å². The Balaban J connectivity index is 1.08. The van der Waals surface area contributed by atoms with Gasteiger partial charge in [0, 0.05) is 19.1 Å². The first kappa shape index (κ1) is 38.3. The second-order valence-corrected chi connectivity index (χ2v) is 15.3. The van der Waals surface area contributed by atoms with E-state index < -0.39 is 30.3 Å². The second kappa shape index (κ2) is 16.3. The molecular formula is C40H51N7O7. The number of nitrogens with zero attached hydrogens (tertiary/aromatic N) is 3. The fourth-order valence-corrected chi connectivity index (χ4v) is 8.01. The number of aromatic nitrogens is 2. The van der Waals surface area contributed by atoms with Crippen molar-refractivity contribution in [2.75, 3.05) is 20.2 Å². The molecule has 6 rings (SSSR count). The summed E-state index contributed by atoms with van der Waals surface area (Å²) in [5.41, 5.74) is 6.27. The molecule has 1 aliphatic carbocycles. The number of carbonyl (C=O) groups excluding carboxylic acids is 4. The third-order valence-corrected chi connectivity index (χ3v) is 10.9. The Kier molecular flexibility index (Phi) is 11.6. The third-order valence-electron chi connectivity index (χ3n) is 10.9. The number of aromatic amines is 1. The average Bonchev–Trinajstić information content (AvgIpc) is 3.98. The molecule has 2 aromatic carbocycles. The first-order valence-corrected chi connectivity index (χ1v) is 18.9. The van der Waals surface area contributed by atoms with E-state index in [2.05, 4.69) is 56.3 Å². The maximum atomic E-state index is 13.5. The molecule has 1 unspecified atom stereocenters. The summed E-state index contributed by atoms with van der Waals surface area (Å²) in [6.45, 7) is 8.36. The van der Waals surface area contributed by atoms with Gasteiger partial charge < -0.3 is 40.6 Å². The monoisotopic (exact) mass is 741 g/mol. The van der Waals surface area contributed by atoms with Crippen LogP contribution >= 0.6 is 0 Å². The molecule has 5 atom stereocenters. The summed E-state index contributed by atoms with van der Waals surface area (Å²) in [6, 6.07) is 12.1. The van der Waals surface area contributed by atoms with Gasteiger partial charge in [0.05, 0.1) is 25.0 Å². The van der Waals surface area contributed by atoms with Crippen molar-refractivity contribution in [3.63, 3.8) is 0 Å². The van der Waals surface area contributed by atoms with Crippen molar-refractivity contribution in [1.29, 1.82) is 0 Å². The number of alkyl carbamates (subject to hydrolysis) is 1. The number of likely N-dealkylation sites (tertiary alicyclic amines) is 2. The number of hydrogen-bond donors (Lipinski definition) is 5. The zero-order chi connectivity index (χ0) is 38.7. The number of nitrogens with one attached hydrogen (secondary N) is 4. The predicted molar refractivity (Wildman–Crippen MR) is 201 cm³/mol. The lowest BCUT2D eigenvalue weighted by Gasteiger charge is -2.30. The molecule has 3 heterocycles. The van der Waals surface area contributed by atoms with Gasteiger partial charge in [-0.15, -0.1) is 0 Å². The SMILES string of the molecule is COC(=O)N[C@H](C(=O)N1CCC[C@H]1c1ncc(-c2ccc(-c3ccc4c(c3)C[C@@H](NC(=O)[C@@H]3CCCN3C(=O)C(NC(=O)O)C(C)C)C4)cc2)[nH]1)C(C)C. The van der Waals surface area contributed by atoms with Crippen LogP contribution in [0.1, 0.15) is 76.4 Å². The van der Waals surface area contributed by atoms with Crippen LogP contribution in [-0.4, -0.2) is 99.1 Å². The Hall–Kier alpha value is -5.40. The van der Waals surface area contributed by atoms with Crippen LogP contribution in [-0.2, 0) is 32.0 Å². The van der Waals surface area contributed by atoms with Crippen LogP contribution in [0, 0.1) is 11.8 Å². The van der Waals surface area contributed by atoms with Crippen molar-refractivity contribution in [2.24, 2.45) is 11.8 Å². The minimum Gasteiger partial charge on any atom is -0.465 e. The van der Waals surface area contributed by atoms with Crippen LogP contribution < -0.4 is 16.0 Å². The largest absolute Gasteiger partial charge is 0.465 e. The van der Waals surface area contributed by atoms with Crippen LogP contribution in [0.3, 0.4) is 0 Å². The number of hydrogen-bond acceptors (Lipinski definition) is 7. The average molecular weight is 742 g/mol. The van der Waals surface area contributed by atoms with Crippen LogP contribution in [0.2, 0.25) is 0 Å². The predicted octanol–water partition coefficient (Wildman–Crippen LogP) is 4.65. The van der Waals surface area contributed by atoms with Crippen LogP contribution in [0.5, 0.6) is 0 Å². The summed E-state index contributed by atoms with van der Waals surface area (Å²) in [6.07, 6.45) is 4.11. The number of rotatable bonds is 11. The highest BCUT2D eigenvalue weighted by atomic mass is 16.5. The number of carboxylic acid groups (broad SMARTS) is 1. The molecule has 5 amide bonds. The summed E-state index contributed by atoms with van der Waals surface area (Å²) < 4.78 is 4.75. The van der Waals surface area contributed by atoms with E-state index in [0.717, 1.165) is 35.2 Å². The Morgan fingerprint density at radius 2 is 1.43 bits per heavy atom. The number of ether oxygens (including phenoxy) is 1. The Morgan fingerprint density at radius 1 is 0.815 bits per heavy atom. The fraction of sp³-hybridized carbons (Fsp3) is 0.500. The van der Waals surface area contributed by atoms with E-state index in [4.69, 9.17) is 4.74 Å². The van der Waals surface area contributed by atoms with Crippen LogP contribution in [0.15, 0.2) is 48.7 Å². The third kappa shape index (κ3) is 8.22. The minimum atomic E-state index is -1.26. The Bertz CT molecular complexity index is 1870. The van der Waals surface area contributed by atoms with Crippen molar-refractivity contribution >= 4 is 29.9 Å². The van der Waals surface area contributed by atoms with E-state index in [1.165, 1.54) is 23.1 Å². The number of carbonyl (C=O) groups is 5. The zero-order valence-corrected chi connectivity index (χ0v) is 31.6. The summed E-state index contributed by atoms with van der Waals surface area (Å²) in [5, 5.41) is 17.4. The van der Waals surface area contributed by atoms with Crippen LogP contribution in [0.25, 0.3) is 22.4 Å². The first-order chi connectivity index (χ1) is 25.8. The number of fused-ring (bicyclic) bond motifs is 1. The van der Waals surface area contributed by atoms with Gasteiger partial charge in [-0.3, -0.25) is 14.4 Å². The number of H-pyrrole nitrogens is 1. The lowest BCUT2D eigenvalue weighted by Crippen LogP contribution is -2.55. The topological polar surface area (TPSA) is 186 Å². The van der Waals surface area contributed by atoms with Gasteiger partial charge in [-0.25, -0.2) is 14.6 Å². The van der Waals surface area contributed by atoms with Crippen molar-refractivity contribution in [1.82, 2.24) is 35.7 Å².